The number of benzene rings is 2. The number of aliphatic hydroxyl groups is 1. The van der Waals surface area contributed by atoms with Crippen molar-refractivity contribution in [3.63, 3.8) is 0 Å². The molecule has 1 N–H and O–H groups in total. The van der Waals surface area contributed by atoms with E-state index in [0.29, 0.717) is 11.4 Å². The highest BCUT2D eigenvalue weighted by Gasteiger charge is 2.13. The van der Waals surface area contributed by atoms with Gasteiger partial charge in [0.25, 0.3) is 0 Å². The lowest BCUT2D eigenvalue weighted by Gasteiger charge is -2.12. The standard InChI is InChI=1S/C17H16ClIO2/c18-14-10-12(3-4-15(14)19)16(20)5-1-11-2-6-17-13(9-11)7-8-21-17/h2-4,6,9-10,16,20H,1,5,7-8H2. The van der Waals surface area contributed by atoms with Crippen molar-refractivity contribution in [2.24, 2.45) is 0 Å². The highest BCUT2D eigenvalue weighted by atomic mass is 127. The van der Waals surface area contributed by atoms with E-state index in [2.05, 4.69) is 34.7 Å². The maximum atomic E-state index is 10.3. The molecule has 0 aromatic heterocycles. The molecule has 1 aliphatic heterocycles. The van der Waals surface area contributed by atoms with Crippen LogP contribution in [0.5, 0.6) is 5.75 Å². The van der Waals surface area contributed by atoms with E-state index in [1.54, 1.807) is 0 Å². The van der Waals surface area contributed by atoms with E-state index in [1.807, 2.05) is 24.3 Å². The summed E-state index contributed by atoms with van der Waals surface area (Å²) in [5, 5.41) is 11.0. The van der Waals surface area contributed by atoms with Crippen LogP contribution in [0.15, 0.2) is 36.4 Å². The second kappa shape index (κ2) is 6.55. The molecule has 2 aromatic carbocycles. The molecule has 2 aromatic rings. The molecular formula is C17H16ClIO2. The third kappa shape index (κ3) is 3.52. The Morgan fingerprint density at radius 2 is 2.10 bits per heavy atom. The summed E-state index contributed by atoms with van der Waals surface area (Å²) in [6, 6.07) is 12.0. The van der Waals surface area contributed by atoms with Crippen LogP contribution < -0.4 is 4.74 Å². The molecule has 0 bridgehead atoms. The first-order valence-electron chi connectivity index (χ1n) is 7.01. The summed E-state index contributed by atoms with van der Waals surface area (Å²) < 4.78 is 6.51. The average molecular weight is 415 g/mol. The minimum absolute atomic E-state index is 0.482. The van der Waals surface area contributed by atoms with Gasteiger partial charge in [-0.05, 0) is 70.3 Å². The lowest BCUT2D eigenvalue weighted by Crippen LogP contribution is -2.00. The molecule has 3 rings (SSSR count). The summed E-state index contributed by atoms with van der Waals surface area (Å²) in [6.07, 6.45) is 2.04. The van der Waals surface area contributed by atoms with E-state index < -0.39 is 6.10 Å². The van der Waals surface area contributed by atoms with Gasteiger partial charge in [-0.3, -0.25) is 0 Å². The molecule has 0 radical (unpaired) electrons. The van der Waals surface area contributed by atoms with E-state index in [0.717, 1.165) is 34.3 Å². The van der Waals surface area contributed by atoms with Crippen LogP contribution in [0.4, 0.5) is 0 Å². The number of ether oxygens (including phenoxy) is 1. The second-order valence-electron chi connectivity index (χ2n) is 5.27. The summed E-state index contributed by atoms with van der Waals surface area (Å²) in [7, 11) is 0. The van der Waals surface area contributed by atoms with Crippen molar-refractivity contribution in [3.05, 3.63) is 61.7 Å². The Labute approximate surface area is 143 Å². The Morgan fingerprint density at radius 3 is 2.90 bits per heavy atom. The molecule has 0 spiro atoms. The fraction of sp³-hybridized carbons (Fsp3) is 0.294. The fourth-order valence-electron chi connectivity index (χ4n) is 2.59. The molecule has 110 valence electrons. The quantitative estimate of drug-likeness (QED) is 0.744. The maximum absolute atomic E-state index is 10.3. The molecule has 2 nitrogen and oxygen atoms in total. The molecule has 1 aliphatic rings. The number of hydrogen-bond acceptors (Lipinski definition) is 2. The van der Waals surface area contributed by atoms with Crippen molar-refractivity contribution in [1.82, 2.24) is 0 Å². The number of rotatable bonds is 4. The minimum atomic E-state index is -0.482. The molecule has 21 heavy (non-hydrogen) atoms. The zero-order valence-corrected chi connectivity index (χ0v) is 14.4. The topological polar surface area (TPSA) is 29.5 Å². The molecule has 4 heteroatoms. The summed E-state index contributed by atoms with van der Waals surface area (Å²) in [6.45, 7) is 0.780. The van der Waals surface area contributed by atoms with Crippen LogP contribution in [0.2, 0.25) is 5.02 Å². The lowest BCUT2D eigenvalue weighted by atomic mass is 9.99. The van der Waals surface area contributed by atoms with Crippen LogP contribution in [0.1, 0.15) is 29.2 Å². The van der Waals surface area contributed by atoms with E-state index in [-0.39, 0.29) is 0 Å². The van der Waals surface area contributed by atoms with Gasteiger partial charge in [-0.15, -0.1) is 0 Å². The largest absolute Gasteiger partial charge is 0.493 e. The van der Waals surface area contributed by atoms with E-state index >= 15 is 0 Å². The first-order chi connectivity index (χ1) is 10.1. The average Bonchev–Trinajstić information content (AvgIpc) is 2.95. The van der Waals surface area contributed by atoms with Crippen molar-refractivity contribution in [1.29, 1.82) is 0 Å². The fourth-order valence-corrected chi connectivity index (χ4v) is 3.11. The molecule has 1 heterocycles. The Morgan fingerprint density at radius 1 is 1.24 bits per heavy atom. The Bertz CT molecular complexity index is 657. The van der Waals surface area contributed by atoms with Gasteiger partial charge < -0.3 is 9.84 Å². The third-order valence-electron chi connectivity index (χ3n) is 3.79. The van der Waals surface area contributed by atoms with Crippen molar-refractivity contribution in [3.8, 4) is 5.75 Å². The number of hydrogen-bond donors (Lipinski definition) is 1. The van der Waals surface area contributed by atoms with E-state index in [4.69, 9.17) is 16.3 Å². The highest BCUT2D eigenvalue weighted by Crippen LogP contribution is 2.28. The van der Waals surface area contributed by atoms with Gasteiger partial charge in [-0.2, -0.15) is 0 Å². The zero-order valence-electron chi connectivity index (χ0n) is 11.5. The molecule has 0 aliphatic carbocycles. The lowest BCUT2D eigenvalue weighted by molar-refractivity contribution is 0.168. The number of aryl methyl sites for hydroxylation is 1. The van der Waals surface area contributed by atoms with Crippen LogP contribution in [-0.4, -0.2) is 11.7 Å². The van der Waals surface area contributed by atoms with Gasteiger partial charge in [-0.1, -0.05) is 29.8 Å². The highest BCUT2D eigenvalue weighted by molar-refractivity contribution is 14.1. The second-order valence-corrected chi connectivity index (χ2v) is 6.84. The maximum Gasteiger partial charge on any atom is 0.122 e. The Balaban J connectivity index is 1.65. The molecule has 0 fully saturated rings. The molecule has 0 saturated carbocycles. The van der Waals surface area contributed by atoms with Gasteiger partial charge >= 0.3 is 0 Å². The number of halogens is 2. The van der Waals surface area contributed by atoms with Crippen molar-refractivity contribution < 1.29 is 9.84 Å². The van der Waals surface area contributed by atoms with Crippen LogP contribution in [-0.2, 0) is 12.8 Å². The predicted molar refractivity (Wildman–Crippen MR) is 93.1 cm³/mol. The smallest absolute Gasteiger partial charge is 0.122 e. The van der Waals surface area contributed by atoms with Gasteiger partial charge in [0.05, 0.1) is 17.7 Å². The summed E-state index contributed by atoms with van der Waals surface area (Å²) in [5.41, 5.74) is 3.40. The third-order valence-corrected chi connectivity index (χ3v) is 5.36. The minimum Gasteiger partial charge on any atom is -0.493 e. The Hall–Kier alpha value is -0.780. The summed E-state index contributed by atoms with van der Waals surface area (Å²) in [5.74, 6) is 1.00. The predicted octanol–water partition coefficient (Wildman–Crippen LogP) is 4.55. The van der Waals surface area contributed by atoms with Crippen LogP contribution >= 0.6 is 34.2 Å². The van der Waals surface area contributed by atoms with Gasteiger partial charge in [0, 0.05) is 9.99 Å². The van der Waals surface area contributed by atoms with Gasteiger partial charge in [0.15, 0.2) is 0 Å². The monoisotopic (exact) mass is 414 g/mol. The first kappa shape index (κ1) is 15.1. The summed E-state index contributed by atoms with van der Waals surface area (Å²) in [4.78, 5) is 0. The normalized spacial score (nSPS) is 14.6. The van der Waals surface area contributed by atoms with Crippen LogP contribution in [0.25, 0.3) is 0 Å². The van der Waals surface area contributed by atoms with Gasteiger partial charge in [-0.25, -0.2) is 0 Å². The zero-order chi connectivity index (χ0) is 14.8. The van der Waals surface area contributed by atoms with E-state index in [1.165, 1.54) is 11.1 Å². The van der Waals surface area contributed by atoms with Crippen LogP contribution in [0.3, 0.4) is 0 Å². The number of fused-ring (bicyclic) bond motifs is 1. The van der Waals surface area contributed by atoms with Crippen LogP contribution in [0, 0.1) is 3.57 Å². The SMILES string of the molecule is OC(CCc1ccc2c(c1)CCO2)c1ccc(I)c(Cl)c1. The van der Waals surface area contributed by atoms with Crippen molar-refractivity contribution in [2.75, 3.05) is 6.61 Å². The van der Waals surface area contributed by atoms with E-state index in [9.17, 15) is 5.11 Å². The molecular weight excluding hydrogens is 399 g/mol. The molecule has 0 saturated heterocycles. The molecule has 0 amide bonds. The van der Waals surface area contributed by atoms with Gasteiger partial charge in [0.2, 0.25) is 0 Å². The first-order valence-corrected chi connectivity index (χ1v) is 8.47. The van der Waals surface area contributed by atoms with Gasteiger partial charge in [0.1, 0.15) is 5.75 Å². The molecule has 1 unspecified atom stereocenters. The van der Waals surface area contributed by atoms with Crippen molar-refractivity contribution in [2.45, 2.75) is 25.4 Å². The Kier molecular flexibility index (Phi) is 4.72. The van der Waals surface area contributed by atoms with Crippen molar-refractivity contribution >= 4 is 34.2 Å². The summed E-state index contributed by atoms with van der Waals surface area (Å²) >= 11 is 8.29. The molecule has 1 atom stereocenters. The number of aliphatic hydroxyl groups excluding tert-OH is 1.